The average molecular weight is 229 g/mol. The molecule has 0 N–H and O–H groups in total. The molecule has 0 atom stereocenters. The molecule has 5 heteroatoms. The van der Waals surface area contributed by atoms with Crippen molar-refractivity contribution in [2.24, 2.45) is 0 Å². The molecule has 0 unspecified atom stereocenters. The van der Waals surface area contributed by atoms with E-state index in [2.05, 4.69) is 4.98 Å². The summed E-state index contributed by atoms with van der Waals surface area (Å²) < 4.78 is 28.8. The quantitative estimate of drug-likeness (QED) is 0.728. The number of pyridine rings is 1. The van der Waals surface area contributed by atoms with Gasteiger partial charge < -0.3 is 4.74 Å². The van der Waals surface area contributed by atoms with Crippen LogP contribution in [0.3, 0.4) is 0 Å². The van der Waals surface area contributed by atoms with Crippen molar-refractivity contribution in [1.82, 2.24) is 4.98 Å². The number of ketones is 1. The molecule has 0 aliphatic carbocycles. The minimum Gasteiger partial charge on any atom is -0.471 e. The highest BCUT2D eigenvalue weighted by Gasteiger charge is 2.10. The SMILES string of the molecule is CCc1cc(C(C)=O)cnc1OCC(F)F. The maximum atomic E-state index is 12.0. The average Bonchev–Trinajstić information content (AvgIpc) is 2.25. The molecule has 0 aliphatic heterocycles. The molecular formula is C11H13F2NO2. The fourth-order valence-corrected chi connectivity index (χ4v) is 1.22. The van der Waals surface area contributed by atoms with Gasteiger partial charge in [0.2, 0.25) is 5.88 Å². The van der Waals surface area contributed by atoms with Gasteiger partial charge in [0.1, 0.15) is 0 Å². The van der Waals surface area contributed by atoms with Crippen molar-refractivity contribution in [3.05, 3.63) is 23.4 Å². The van der Waals surface area contributed by atoms with Gasteiger partial charge in [-0.15, -0.1) is 0 Å². The molecule has 0 radical (unpaired) electrons. The first-order valence-electron chi connectivity index (χ1n) is 4.95. The van der Waals surface area contributed by atoms with Crippen LogP contribution < -0.4 is 4.74 Å². The normalized spacial score (nSPS) is 10.6. The topological polar surface area (TPSA) is 39.2 Å². The fraction of sp³-hybridized carbons (Fsp3) is 0.455. The minimum absolute atomic E-state index is 0.109. The zero-order valence-electron chi connectivity index (χ0n) is 9.17. The van der Waals surface area contributed by atoms with Gasteiger partial charge in [-0.05, 0) is 19.4 Å². The largest absolute Gasteiger partial charge is 0.471 e. The molecular weight excluding hydrogens is 216 g/mol. The van der Waals surface area contributed by atoms with Crippen molar-refractivity contribution in [3.8, 4) is 5.88 Å². The Morgan fingerprint density at radius 2 is 2.25 bits per heavy atom. The molecule has 16 heavy (non-hydrogen) atoms. The third kappa shape index (κ3) is 3.25. The van der Waals surface area contributed by atoms with E-state index in [1.54, 1.807) is 6.07 Å². The van der Waals surface area contributed by atoms with Crippen molar-refractivity contribution < 1.29 is 18.3 Å². The molecule has 1 aromatic heterocycles. The molecule has 0 aliphatic rings. The van der Waals surface area contributed by atoms with Gasteiger partial charge in [-0.25, -0.2) is 13.8 Å². The molecule has 0 fully saturated rings. The number of carbonyl (C=O) groups is 1. The van der Waals surface area contributed by atoms with Crippen LogP contribution in [0.2, 0.25) is 0 Å². The van der Waals surface area contributed by atoms with Crippen molar-refractivity contribution in [2.75, 3.05) is 6.61 Å². The monoisotopic (exact) mass is 229 g/mol. The van der Waals surface area contributed by atoms with Crippen LogP contribution in [0.1, 0.15) is 29.8 Å². The Hall–Kier alpha value is -1.52. The van der Waals surface area contributed by atoms with Crippen LogP contribution in [-0.4, -0.2) is 23.8 Å². The Morgan fingerprint density at radius 3 is 2.75 bits per heavy atom. The van der Waals surface area contributed by atoms with E-state index in [4.69, 9.17) is 4.74 Å². The second kappa shape index (κ2) is 5.53. The first-order valence-corrected chi connectivity index (χ1v) is 4.95. The minimum atomic E-state index is -2.53. The van der Waals surface area contributed by atoms with E-state index in [0.717, 1.165) is 0 Å². The molecule has 0 saturated heterocycles. The predicted molar refractivity (Wildman–Crippen MR) is 55.1 cm³/mol. The highest BCUT2D eigenvalue weighted by atomic mass is 19.3. The van der Waals surface area contributed by atoms with Crippen molar-refractivity contribution in [2.45, 2.75) is 26.7 Å². The zero-order chi connectivity index (χ0) is 12.1. The Balaban J connectivity index is 2.89. The van der Waals surface area contributed by atoms with Gasteiger partial charge in [0.05, 0.1) is 0 Å². The van der Waals surface area contributed by atoms with Crippen LogP contribution in [0.5, 0.6) is 5.88 Å². The van der Waals surface area contributed by atoms with Gasteiger partial charge in [0, 0.05) is 17.3 Å². The molecule has 1 rings (SSSR count). The third-order valence-electron chi connectivity index (χ3n) is 2.06. The lowest BCUT2D eigenvalue weighted by molar-refractivity contribution is 0.0790. The molecule has 88 valence electrons. The molecule has 0 bridgehead atoms. The number of Topliss-reactive ketones (excluding diaryl/α,β-unsaturated/α-hetero) is 1. The number of aryl methyl sites for hydroxylation is 1. The van der Waals surface area contributed by atoms with Crippen molar-refractivity contribution in [3.63, 3.8) is 0 Å². The van der Waals surface area contributed by atoms with Gasteiger partial charge in [-0.2, -0.15) is 0 Å². The number of hydrogen-bond donors (Lipinski definition) is 0. The van der Waals surface area contributed by atoms with Crippen LogP contribution >= 0.6 is 0 Å². The lowest BCUT2D eigenvalue weighted by Crippen LogP contribution is -2.10. The molecule has 0 aromatic carbocycles. The van der Waals surface area contributed by atoms with E-state index in [-0.39, 0.29) is 11.7 Å². The van der Waals surface area contributed by atoms with E-state index < -0.39 is 13.0 Å². The number of rotatable bonds is 5. The number of ether oxygens (including phenoxy) is 1. The van der Waals surface area contributed by atoms with Crippen LogP contribution in [0.15, 0.2) is 12.3 Å². The highest BCUT2D eigenvalue weighted by Crippen LogP contribution is 2.18. The molecule has 0 amide bonds. The number of carbonyl (C=O) groups excluding carboxylic acids is 1. The standard InChI is InChI=1S/C11H13F2NO2/c1-3-8-4-9(7(2)15)5-14-11(8)16-6-10(12)13/h4-5,10H,3,6H2,1-2H3. The van der Waals surface area contributed by atoms with E-state index >= 15 is 0 Å². The van der Waals surface area contributed by atoms with E-state index in [1.165, 1.54) is 13.1 Å². The highest BCUT2D eigenvalue weighted by molar-refractivity contribution is 5.94. The Morgan fingerprint density at radius 1 is 1.56 bits per heavy atom. The van der Waals surface area contributed by atoms with E-state index in [1.807, 2.05) is 6.92 Å². The molecule has 0 spiro atoms. The summed E-state index contributed by atoms with van der Waals surface area (Å²) in [6, 6.07) is 1.62. The summed E-state index contributed by atoms with van der Waals surface area (Å²) in [5.41, 5.74) is 1.12. The van der Waals surface area contributed by atoms with Crippen LogP contribution in [0.4, 0.5) is 8.78 Å². The van der Waals surface area contributed by atoms with Crippen molar-refractivity contribution in [1.29, 1.82) is 0 Å². The Kier molecular flexibility index (Phi) is 4.34. The van der Waals surface area contributed by atoms with Gasteiger partial charge in [-0.1, -0.05) is 6.92 Å². The predicted octanol–water partition coefficient (Wildman–Crippen LogP) is 2.49. The summed E-state index contributed by atoms with van der Waals surface area (Å²) in [4.78, 5) is 15.0. The maximum Gasteiger partial charge on any atom is 0.272 e. The lowest BCUT2D eigenvalue weighted by Gasteiger charge is -2.09. The number of alkyl halides is 2. The molecule has 1 heterocycles. The van der Waals surface area contributed by atoms with Gasteiger partial charge in [-0.3, -0.25) is 4.79 Å². The summed E-state index contributed by atoms with van der Waals surface area (Å²) in [5.74, 6) is 0.0652. The molecule has 3 nitrogen and oxygen atoms in total. The zero-order valence-corrected chi connectivity index (χ0v) is 9.17. The summed E-state index contributed by atoms with van der Waals surface area (Å²) in [5, 5.41) is 0. The van der Waals surface area contributed by atoms with Crippen LogP contribution in [0, 0.1) is 0 Å². The second-order valence-electron chi connectivity index (χ2n) is 3.30. The summed E-state index contributed by atoms with van der Waals surface area (Å²) in [6.45, 7) is 2.59. The molecule has 0 saturated carbocycles. The smallest absolute Gasteiger partial charge is 0.272 e. The van der Waals surface area contributed by atoms with E-state index in [9.17, 15) is 13.6 Å². The lowest BCUT2D eigenvalue weighted by atomic mass is 10.1. The molecule has 1 aromatic rings. The second-order valence-corrected chi connectivity index (χ2v) is 3.30. The van der Waals surface area contributed by atoms with E-state index in [0.29, 0.717) is 17.5 Å². The van der Waals surface area contributed by atoms with Crippen LogP contribution in [-0.2, 0) is 6.42 Å². The summed E-state index contributed by atoms with van der Waals surface area (Å²) in [7, 11) is 0. The van der Waals surface area contributed by atoms with Gasteiger partial charge >= 0.3 is 0 Å². The Bertz CT molecular complexity index is 380. The first-order chi connectivity index (χ1) is 7.54. The summed E-state index contributed by atoms with van der Waals surface area (Å²) >= 11 is 0. The van der Waals surface area contributed by atoms with Crippen LogP contribution in [0.25, 0.3) is 0 Å². The number of halogens is 2. The number of hydrogen-bond acceptors (Lipinski definition) is 3. The Labute approximate surface area is 92.4 Å². The fourth-order valence-electron chi connectivity index (χ4n) is 1.22. The third-order valence-corrected chi connectivity index (χ3v) is 2.06. The van der Waals surface area contributed by atoms with Gasteiger partial charge in [0.15, 0.2) is 12.4 Å². The number of aromatic nitrogens is 1. The number of nitrogens with zero attached hydrogens (tertiary/aromatic N) is 1. The first kappa shape index (κ1) is 12.5. The van der Waals surface area contributed by atoms with Crippen molar-refractivity contribution >= 4 is 5.78 Å². The maximum absolute atomic E-state index is 12.0. The summed E-state index contributed by atoms with van der Waals surface area (Å²) in [6.07, 6.45) is -0.617. The van der Waals surface area contributed by atoms with Gasteiger partial charge in [0.25, 0.3) is 6.43 Å².